The Morgan fingerprint density at radius 3 is 2.73 bits per heavy atom. The summed E-state index contributed by atoms with van der Waals surface area (Å²) in [5, 5.41) is 20.3. The van der Waals surface area contributed by atoms with E-state index in [1.54, 1.807) is 30.9 Å². The van der Waals surface area contributed by atoms with E-state index in [1.165, 1.54) is 0 Å². The van der Waals surface area contributed by atoms with Crippen LogP contribution in [-0.2, 0) is 0 Å². The van der Waals surface area contributed by atoms with E-state index < -0.39 is 6.10 Å². The third kappa shape index (κ3) is 3.25. The Kier molecular flexibility index (Phi) is 4.55. The highest BCUT2D eigenvalue weighted by molar-refractivity contribution is 5.76. The molecule has 8 heteroatoms. The van der Waals surface area contributed by atoms with Gasteiger partial charge in [-0.1, -0.05) is 12.1 Å². The number of aliphatic hydroxyl groups excluding tert-OH is 1. The second kappa shape index (κ2) is 7.38. The number of hydrogen-bond donors (Lipinski definition) is 2. The number of aromatic hydroxyl groups is 1. The SMILES string of the molecule is Cc1nc(N2CCC(O)CC2c2cccc(O)c2)nc2c1ncn2-c1ccncc1. The van der Waals surface area contributed by atoms with Gasteiger partial charge in [0.2, 0.25) is 5.95 Å². The van der Waals surface area contributed by atoms with Gasteiger partial charge < -0.3 is 15.1 Å². The Bertz CT molecular complexity index is 1190. The van der Waals surface area contributed by atoms with Crippen molar-refractivity contribution in [2.24, 2.45) is 0 Å². The second-order valence-electron chi connectivity index (χ2n) is 7.58. The molecule has 8 nitrogen and oxygen atoms in total. The summed E-state index contributed by atoms with van der Waals surface area (Å²) in [6.07, 6.45) is 6.01. The number of phenols is 1. The molecule has 1 aliphatic rings. The van der Waals surface area contributed by atoms with Crippen LogP contribution in [0, 0.1) is 6.92 Å². The van der Waals surface area contributed by atoms with Gasteiger partial charge in [0.1, 0.15) is 17.6 Å². The van der Waals surface area contributed by atoms with Crippen molar-refractivity contribution < 1.29 is 10.2 Å². The highest BCUT2D eigenvalue weighted by atomic mass is 16.3. The first kappa shape index (κ1) is 18.5. The maximum absolute atomic E-state index is 10.3. The van der Waals surface area contributed by atoms with Gasteiger partial charge >= 0.3 is 0 Å². The van der Waals surface area contributed by atoms with Gasteiger partial charge in [-0.25, -0.2) is 9.97 Å². The molecule has 1 aromatic carbocycles. The second-order valence-corrected chi connectivity index (χ2v) is 7.58. The molecule has 0 bridgehead atoms. The van der Waals surface area contributed by atoms with Gasteiger partial charge in [-0.15, -0.1) is 0 Å². The molecule has 4 heterocycles. The van der Waals surface area contributed by atoms with Gasteiger partial charge in [0.05, 0.1) is 23.5 Å². The number of aromatic nitrogens is 5. The molecular formula is C22H22N6O2. The average molecular weight is 402 g/mol. The Morgan fingerprint density at radius 2 is 1.93 bits per heavy atom. The first-order valence-corrected chi connectivity index (χ1v) is 9.96. The standard InChI is InChI=1S/C22H22N6O2/c1-14-20-21(28(13-24-20)16-5-8-23-9-6-16)26-22(25-14)27-10-7-18(30)12-19(27)15-3-2-4-17(29)11-15/h2-6,8-9,11,13,18-19,29-30H,7,10,12H2,1H3. The van der Waals surface area contributed by atoms with Crippen LogP contribution in [0.1, 0.15) is 30.1 Å². The van der Waals surface area contributed by atoms with Crippen molar-refractivity contribution in [1.29, 1.82) is 0 Å². The van der Waals surface area contributed by atoms with Crippen LogP contribution >= 0.6 is 0 Å². The normalized spacial score (nSPS) is 19.3. The number of aliphatic hydroxyl groups is 1. The van der Waals surface area contributed by atoms with Crippen LogP contribution in [0.15, 0.2) is 55.1 Å². The van der Waals surface area contributed by atoms with E-state index in [0.29, 0.717) is 25.3 Å². The molecule has 0 radical (unpaired) electrons. The van der Waals surface area contributed by atoms with E-state index in [4.69, 9.17) is 9.97 Å². The molecule has 3 aromatic heterocycles. The predicted octanol–water partition coefficient (Wildman–Crippen LogP) is 2.93. The summed E-state index contributed by atoms with van der Waals surface area (Å²) in [5.74, 6) is 0.798. The van der Waals surface area contributed by atoms with Crippen molar-refractivity contribution in [3.8, 4) is 11.4 Å². The Hall–Kier alpha value is -3.52. The lowest BCUT2D eigenvalue weighted by molar-refractivity contribution is 0.127. The molecule has 0 saturated carbocycles. The fourth-order valence-electron chi connectivity index (χ4n) is 4.08. The number of piperidine rings is 1. The topological polar surface area (TPSA) is 100 Å². The van der Waals surface area contributed by atoms with Crippen LogP contribution in [0.25, 0.3) is 16.9 Å². The van der Waals surface area contributed by atoms with Gasteiger partial charge in [0, 0.05) is 18.9 Å². The molecule has 30 heavy (non-hydrogen) atoms. The smallest absolute Gasteiger partial charge is 0.228 e. The van der Waals surface area contributed by atoms with Gasteiger partial charge in [0.15, 0.2) is 5.65 Å². The van der Waals surface area contributed by atoms with Gasteiger partial charge in [0.25, 0.3) is 0 Å². The van der Waals surface area contributed by atoms with Crippen LogP contribution in [0.4, 0.5) is 5.95 Å². The highest BCUT2D eigenvalue weighted by Gasteiger charge is 2.31. The van der Waals surface area contributed by atoms with E-state index in [1.807, 2.05) is 35.8 Å². The zero-order chi connectivity index (χ0) is 20.7. The Balaban J connectivity index is 1.62. The minimum absolute atomic E-state index is 0.130. The summed E-state index contributed by atoms with van der Waals surface area (Å²) in [6.45, 7) is 2.55. The Morgan fingerprint density at radius 1 is 1.10 bits per heavy atom. The molecule has 1 saturated heterocycles. The largest absolute Gasteiger partial charge is 0.508 e. The summed E-state index contributed by atoms with van der Waals surface area (Å²) in [4.78, 5) is 20.3. The Labute approximate surface area is 173 Å². The van der Waals surface area contributed by atoms with Crippen LogP contribution in [-0.4, -0.2) is 47.4 Å². The molecule has 4 aromatic rings. The molecule has 2 unspecified atom stereocenters. The van der Waals surface area contributed by atoms with Gasteiger partial charge in [-0.05, 0) is 49.6 Å². The molecule has 0 aliphatic carbocycles. The minimum Gasteiger partial charge on any atom is -0.508 e. The zero-order valence-electron chi connectivity index (χ0n) is 16.5. The van der Waals surface area contributed by atoms with E-state index in [9.17, 15) is 10.2 Å². The summed E-state index contributed by atoms with van der Waals surface area (Å²) in [7, 11) is 0. The predicted molar refractivity (Wildman–Crippen MR) is 113 cm³/mol. The van der Waals surface area contributed by atoms with Gasteiger partial charge in [-0.3, -0.25) is 9.55 Å². The maximum atomic E-state index is 10.3. The number of phenolic OH excluding ortho intramolecular Hbond substituents is 1. The molecule has 1 fully saturated rings. The number of aryl methyl sites for hydroxylation is 1. The van der Waals surface area contributed by atoms with E-state index in [-0.39, 0.29) is 11.8 Å². The number of hydrogen-bond acceptors (Lipinski definition) is 7. The van der Waals surface area contributed by atoms with Crippen LogP contribution < -0.4 is 4.90 Å². The molecule has 0 amide bonds. The summed E-state index contributed by atoms with van der Waals surface area (Å²) < 4.78 is 1.93. The van der Waals surface area contributed by atoms with Crippen molar-refractivity contribution in [2.75, 3.05) is 11.4 Å². The highest BCUT2D eigenvalue weighted by Crippen LogP contribution is 2.35. The quantitative estimate of drug-likeness (QED) is 0.543. The van der Waals surface area contributed by atoms with E-state index in [0.717, 1.165) is 28.1 Å². The van der Waals surface area contributed by atoms with Crippen molar-refractivity contribution >= 4 is 17.1 Å². The molecule has 0 spiro atoms. The lowest BCUT2D eigenvalue weighted by atomic mass is 9.93. The number of imidazole rings is 1. The summed E-state index contributed by atoms with van der Waals surface area (Å²) >= 11 is 0. The first-order chi connectivity index (χ1) is 14.6. The average Bonchev–Trinajstić information content (AvgIpc) is 3.19. The molecule has 5 rings (SSSR count). The van der Waals surface area contributed by atoms with Crippen molar-refractivity contribution in [3.63, 3.8) is 0 Å². The molecule has 1 aliphatic heterocycles. The molecule has 152 valence electrons. The number of pyridine rings is 1. The summed E-state index contributed by atoms with van der Waals surface area (Å²) in [5.41, 5.74) is 4.13. The van der Waals surface area contributed by atoms with Gasteiger partial charge in [-0.2, -0.15) is 4.98 Å². The fraction of sp³-hybridized carbons (Fsp3) is 0.273. The first-order valence-electron chi connectivity index (χ1n) is 9.96. The molecule has 2 atom stereocenters. The summed E-state index contributed by atoms with van der Waals surface area (Å²) in [6, 6.07) is 10.8. The number of nitrogens with zero attached hydrogens (tertiary/aromatic N) is 6. The maximum Gasteiger partial charge on any atom is 0.228 e. The third-order valence-electron chi connectivity index (χ3n) is 5.59. The lowest BCUT2D eigenvalue weighted by Gasteiger charge is -2.38. The minimum atomic E-state index is -0.402. The molecule has 2 N–H and O–H groups in total. The van der Waals surface area contributed by atoms with Crippen LogP contribution in [0.3, 0.4) is 0 Å². The van der Waals surface area contributed by atoms with E-state index in [2.05, 4.69) is 14.9 Å². The number of anilines is 1. The van der Waals surface area contributed by atoms with Crippen LogP contribution in [0.2, 0.25) is 0 Å². The number of benzene rings is 1. The zero-order valence-corrected chi connectivity index (χ0v) is 16.5. The van der Waals surface area contributed by atoms with E-state index >= 15 is 0 Å². The monoisotopic (exact) mass is 402 g/mol. The number of fused-ring (bicyclic) bond motifs is 1. The van der Waals surface area contributed by atoms with Crippen molar-refractivity contribution in [2.45, 2.75) is 31.9 Å². The molecular weight excluding hydrogens is 380 g/mol. The van der Waals surface area contributed by atoms with Crippen molar-refractivity contribution in [3.05, 3.63) is 66.4 Å². The number of rotatable bonds is 3. The van der Waals surface area contributed by atoms with Crippen LogP contribution in [0.5, 0.6) is 5.75 Å². The van der Waals surface area contributed by atoms with Crippen molar-refractivity contribution in [1.82, 2.24) is 24.5 Å². The third-order valence-corrected chi connectivity index (χ3v) is 5.59. The fourth-order valence-corrected chi connectivity index (χ4v) is 4.08. The lowest BCUT2D eigenvalue weighted by Crippen LogP contribution is -2.40.